The molecule has 0 atom stereocenters. The molecule has 0 heterocycles. The average molecular weight is 296 g/mol. The minimum absolute atomic E-state index is 0.0625. The first kappa shape index (κ1) is 16.1. The molecule has 1 N–H and O–H groups in total. The summed E-state index contributed by atoms with van der Waals surface area (Å²) < 4.78 is 0. The quantitative estimate of drug-likeness (QED) is 0.868. The van der Waals surface area contributed by atoms with Crippen LogP contribution < -0.4 is 5.32 Å². The molecule has 0 spiro atoms. The van der Waals surface area contributed by atoms with Crippen molar-refractivity contribution in [3.63, 3.8) is 0 Å². The van der Waals surface area contributed by atoms with Crippen molar-refractivity contribution in [2.24, 2.45) is 0 Å². The van der Waals surface area contributed by atoms with Gasteiger partial charge in [0.2, 0.25) is 0 Å². The average Bonchev–Trinajstić information content (AvgIpc) is 2.49. The Balaban J connectivity index is 2.15. The van der Waals surface area contributed by atoms with Crippen molar-refractivity contribution in [2.75, 3.05) is 5.32 Å². The lowest BCUT2D eigenvalue weighted by atomic mass is 10.1. The molecule has 116 valence electrons. The van der Waals surface area contributed by atoms with Gasteiger partial charge in [-0.15, -0.1) is 0 Å². The highest BCUT2D eigenvalue weighted by atomic mass is 16.2. The highest BCUT2D eigenvalue weighted by Gasteiger charge is 2.18. The van der Waals surface area contributed by atoms with Crippen molar-refractivity contribution in [3.8, 4) is 0 Å². The summed E-state index contributed by atoms with van der Waals surface area (Å²) in [5, 5.41) is 3.04. The molecule has 2 amide bonds. The first-order valence-electron chi connectivity index (χ1n) is 7.66. The summed E-state index contributed by atoms with van der Waals surface area (Å²) in [5.74, 6) is 0. The molecule has 2 aromatic rings. The van der Waals surface area contributed by atoms with Gasteiger partial charge in [-0.05, 0) is 50.5 Å². The molecule has 0 unspecified atom stereocenters. The predicted octanol–water partition coefficient (Wildman–Crippen LogP) is 4.75. The monoisotopic (exact) mass is 296 g/mol. The highest BCUT2D eigenvalue weighted by molar-refractivity contribution is 5.90. The molecule has 0 bridgehead atoms. The van der Waals surface area contributed by atoms with Crippen LogP contribution in [-0.4, -0.2) is 17.0 Å². The number of nitrogens with zero attached hydrogens (tertiary/aromatic N) is 1. The van der Waals surface area contributed by atoms with Gasteiger partial charge in [-0.2, -0.15) is 0 Å². The molecule has 22 heavy (non-hydrogen) atoms. The summed E-state index contributed by atoms with van der Waals surface area (Å²) >= 11 is 0. The van der Waals surface area contributed by atoms with Gasteiger partial charge < -0.3 is 10.2 Å². The van der Waals surface area contributed by atoms with Crippen LogP contribution in [0.15, 0.2) is 48.5 Å². The number of rotatable bonds is 4. The van der Waals surface area contributed by atoms with Crippen LogP contribution in [0, 0.1) is 13.8 Å². The van der Waals surface area contributed by atoms with Crippen molar-refractivity contribution >= 4 is 11.7 Å². The van der Waals surface area contributed by atoms with Crippen LogP contribution in [-0.2, 0) is 6.54 Å². The van der Waals surface area contributed by atoms with Gasteiger partial charge in [0, 0.05) is 18.3 Å². The Hall–Kier alpha value is -2.29. The van der Waals surface area contributed by atoms with E-state index in [-0.39, 0.29) is 12.1 Å². The van der Waals surface area contributed by atoms with Gasteiger partial charge in [-0.3, -0.25) is 0 Å². The van der Waals surface area contributed by atoms with Crippen LogP contribution in [0.5, 0.6) is 0 Å². The topological polar surface area (TPSA) is 32.3 Å². The van der Waals surface area contributed by atoms with Gasteiger partial charge in [0.25, 0.3) is 0 Å². The van der Waals surface area contributed by atoms with E-state index >= 15 is 0 Å². The number of aryl methyl sites for hydroxylation is 2. The zero-order valence-electron chi connectivity index (χ0n) is 13.8. The Morgan fingerprint density at radius 2 is 1.77 bits per heavy atom. The smallest absolute Gasteiger partial charge is 0.318 e. The number of carbonyl (C=O) groups is 1. The number of hydrogen-bond donors (Lipinski definition) is 1. The zero-order valence-corrected chi connectivity index (χ0v) is 13.8. The van der Waals surface area contributed by atoms with E-state index in [0.717, 1.165) is 22.4 Å². The molecule has 0 aliphatic heterocycles. The molecule has 0 aliphatic carbocycles. The van der Waals surface area contributed by atoms with Crippen LogP contribution >= 0.6 is 0 Å². The van der Waals surface area contributed by atoms with E-state index in [1.807, 2.05) is 75.1 Å². The Morgan fingerprint density at radius 3 is 2.41 bits per heavy atom. The van der Waals surface area contributed by atoms with Gasteiger partial charge in [0.1, 0.15) is 0 Å². The third-order valence-electron chi connectivity index (χ3n) is 3.71. The summed E-state index contributed by atoms with van der Waals surface area (Å²) in [4.78, 5) is 14.5. The van der Waals surface area contributed by atoms with Gasteiger partial charge in [0.15, 0.2) is 0 Å². The molecule has 3 nitrogen and oxygen atoms in total. The lowest BCUT2D eigenvalue weighted by Crippen LogP contribution is -2.39. The minimum Gasteiger partial charge on any atom is -0.318 e. The first-order valence-corrected chi connectivity index (χ1v) is 7.66. The third kappa shape index (κ3) is 4.10. The van der Waals surface area contributed by atoms with E-state index in [1.165, 1.54) is 0 Å². The van der Waals surface area contributed by atoms with E-state index in [4.69, 9.17) is 0 Å². The van der Waals surface area contributed by atoms with Crippen LogP contribution in [0.2, 0.25) is 0 Å². The molecule has 0 aromatic heterocycles. The maximum Gasteiger partial charge on any atom is 0.322 e. The van der Waals surface area contributed by atoms with Crippen molar-refractivity contribution in [2.45, 2.75) is 40.3 Å². The Morgan fingerprint density at radius 1 is 1.09 bits per heavy atom. The molecule has 2 aromatic carbocycles. The fraction of sp³-hybridized carbons (Fsp3) is 0.316. The van der Waals surface area contributed by atoms with E-state index < -0.39 is 0 Å². The second-order valence-corrected chi connectivity index (χ2v) is 5.96. The molecule has 0 saturated carbocycles. The summed E-state index contributed by atoms with van der Waals surface area (Å²) in [7, 11) is 0. The maximum atomic E-state index is 12.6. The van der Waals surface area contributed by atoms with Crippen LogP contribution in [0.25, 0.3) is 0 Å². The molecule has 3 heteroatoms. The minimum atomic E-state index is -0.0625. The van der Waals surface area contributed by atoms with Gasteiger partial charge in [0.05, 0.1) is 0 Å². The Kier molecular flexibility index (Phi) is 5.21. The Bertz CT molecular complexity index is 635. The third-order valence-corrected chi connectivity index (χ3v) is 3.71. The summed E-state index contributed by atoms with van der Waals surface area (Å²) in [6, 6.07) is 16.2. The fourth-order valence-corrected chi connectivity index (χ4v) is 2.33. The predicted molar refractivity (Wildman–Crippen MR) is 92.1 cm³/mol. The van der Waals surface area contributed by atoms with Crippen molar-refractivity contribution in [1.82, 2.24) is 4.90 Å². The largest absolute Gasteiger partial charge is 0.322 e. The van der Waals surface area contributed by atoms with Gasteiger partial charge >= 0.3 is 6.03 Å². The standard InChI is InChI=1S/C19H24N2O/c1-14(2)21(13-17-8-6-5-7-9-17)19(22)20-18-12-15(3)10-11-16(18)4/h5-12,14H,13H2,1-4H3,(H,20,22). The van der Waals surface area contributed by atoms with E-state index in [2.05, 4.69) is 11.4 Å². The number of benzene rings is 2. The molecule has 0 fully saturated rings. The highest BCUT2D eigenvalue weighted by Crippen LogP contribution is 2.18. The zero-order chi connectivity index (χ0) is 16.1. The first-order chi connectivity index (χ1) is 10.5. The van der Waals surface area contributed by atoms with Crippen LogP contribution in [0.4, 0.5) is 10.5 Å². The number of hydrogen-bond acceptors (Lipinski definition) is 1. The van der Waals surface area contributed by atoms with Gasteiger partial charge in [-0.1, -0.05) is 42.5 Å². The van der Waals surface area contributed by atoms with Crippen molar-refractivity contribution in [3.05, 3.63) is 65.2 Å². The molecule has 0 saturated heterocycles. The van der Waals surface area contributed by atoms with E-state index in [1.54, 1.807) is 0 Å². The number of nitrogens with one attached hydrogen (secondary N) is 1. The van der Waals surface area contributed by atoms with Crippen LogP contribution in [0.1, 0.15) is 30.5 Å². The molecular formula is C19H24N2O. The van der Waals surface area contributed by atoms with E-state index in [0.29, 0.717) is 6.54 Å². The van der Waals surface area contributed by atoms with Crippen molar-refractivity contribution in [1.29, 1.82) is 0 Å². The number of urea groups is 1. The van der Waals surface area contributed by atoms with Gasteiger partial charge in [-0.25, -0.2) is 4.79 Å². The second kappa shape index (κ2) is 7.12. The normalized spacial score (nSPS) is 10.6. The fourth-order valence-electron chi connectivity index (χ4n) is 2.33. The Labute approximate surface area is 133 Å². The molecule has 0 aliphatic rings. The SMILES string of the molecule is Cc1ccc(C)c(NC(=O)N(Cc2ccccc2)C(C)C)c1. The lowest BCUT2D eigenvalue weighted by molar-refractivity contribution is 0.193. The number of amides is 2. The number of carbonyl (C=O) groups excluding carboxylic acids is 1. The maximum absolute atomic E-state index is 12.6. The second-order valence-electron chi connectivity index (χ2n) is 5.96. The summed E-state index contributed by atoms with van der Waals surface area (Å²) in [6.45, 7) is 8.71. The molecular weight excluding hydrogens is 272 g/mol. The summed E-state index contributed by atoms with van der Waals surface area (Å²) in [6.07, 6.45) is 0. The van der Waals surface area contributed by atoms with Crippen molar-refractivity contribution < 1.29 is 4.79 Å². The van der Waals surface area contributed by atoms with E-state index in [9.17, 15) is 4.79 Å². The number of anilines is 1. The lowest BCUT2D eigenvalue weighted by Gasteiger charge is -2.27. The summed E-state index contributed by atoms with van der Waals surface area (Å²) in [5.41, 5.74) is 4.22. The molecule has 2 rings (SSSR count). The molecule has 0 radical (unpaired) electrons. The van der Waals surface area contributed by atoms with Crippen LogP contribution in [0.3, 0.4) is 0 Å².